The lowest BCUT2D eigenvalue weighted by Crippen LogP contribution is -2.40. The van der Waals surface area contributed by atoms with Crippen molar-refractivity contribution >= 4 is 41.9 Å². The van der Waals surface area contributed by atoms with Crippen LogP contribution in [0.1, 0.15) is 12.8 Å². The summed E-state index contributed by atoms with van der Waals surface area (Å²) < 4.78 is 27.6. The number of rotatable bonds is 2. The van der Waals surface area contributed by atoms with E-state index in [1.54, 1.807) is 18.2 Å². The molecule has 18 heavy (non-hydrogen) atoms. The standard InChI is InChI=1S/C11H13Br2NO3S/c12-8-1-2-11(10(13)7-8)18(16,17)14-5-3-9(15)4-6-14/h1-2,7,9,15H,3-6H2. The molecule has 0 spiro atoms. The van der Waals surface area contributed by atoms with Gasteiger partial charge in [0.25, 0.3) is 0 Å². The molecule has 1 aromatic rings. The first-order chi connectivity index (χ1) is 8.41. The van der Waals surface area contributed by atoms with Crippen molar-refractivity contribution in [2.75, 3.05) is 13.1 Å². The molecule has 0 bridgehead atoms. The van der Waals surface area contributed by atoms with Crippen molar-refractivity contribution in [3.05, 3.63) is 27.1 Å². The molecule has 1 aromatic carbocycles. The number of sulfonamides is 1. The molecule has 1 heterocycles. The maximum absolute atomic E-state index is 12.4. The highest BCUT2D eigenvalue weighted by Gasteiger charge is 2.29. The quantitative estimate of drug-likeness (QED) is 0.831. The van der Waals surface area contributed by atoms with Gasteiger partial charge in [0.05, 0.1) is 11.0 Å². The minimum atomic E-state index is -3.48. The van der Waals surface area contributed by atoms with Gasteiger partial charge in [0.2, 0.25) is 10.0 Å². The van der Waals surface area contributed by atoms with Crippen LogP contribution in [0.4, 0.5) is 0 Å². The van der Waals surface area contributed by atoms with Crippen molar-refractivity contribution in [3.63, 3.8) is 0 Å². The first-order valence-corrected chi connectivity index (χ1v) is 8.57. The number of hydrogen-bond acceptors (Lipinski definition) is 3. The summed E-state index contributed by atoms with van der Waals surface area (Å²) in [5.41, 5.74) is 0. The Balaban J connectivity index is 2.30. The monoisotopic (exact) mass is 397 g/mol. The van der Waals surface area contributed by atoms with Crippen LogP contribution in [0, 0.1) is 0 Å². The molecule has 2 rings (SSSR count). The molecule has 4 nitrogen and oxygen atoms in total. The van der Waals surface area contributed by atoms with E-state index in [1.807, 2.05) is 0 Å². The minimum Gasteiger partial charge on any atom is -0.393 e. The summed E-state index contributed by atoms with van der Waals surface area (Å²) in [6.45, 7) is 0.734. The van der Waals surface area contributed by atoms with Crippen LogP contribution in [-0.2, 0) is 10.0 Å². The van der Waals surface area contributed by atoms with Gasteiger partial charge in [-0.3, -0.25) is 0 Å². The molecular formula is C11H13Br2NO3S. The minimum absolute atomic E-state index is 0.266. The van der Waals surface area contributed by atoms with Crippen molar-refractivity contribution in [1.82, 2.24) is 4.31 Å². The first-order valence-electron chi connectivity index (χ1n) is 5.54. The Hall–Kier alpha value is 0.0500. The lowest BCUT2D eigenvalue weighted by atomic mass is 10.1. The Labute approximate surface area is 123 Å². The number of piperidine rings is 1. The molecule has 0 radical (unpaired) electrons. The third-order valence-electron chi connectivity index (χ3n) is 2.94. The van der Waals surface area contributed by atoms with Gasteiger partial charge in [0, 0.05) is 22.0 Å². The van der Waals surface area contributed by atoms with Crippen LogP contribution in [-0.4, -0.2) is 37.0 Å². The second kappa shape index (κ2) is 5.58. The maximum Gasteiger partial charge on any atom is 0.244 e. The predicted octanol–water partition coefficient (Wildman–Crippen LogP) is 2.36. The van der Waals surface area contributed by atoms with E-state index in [0.717, 1.165) is 4.47 Å². The largest absolute Gasteiger partial charge is 0.393 e. The van der Waals surface area contributed by atoms with Crippen molar-refractivity contribution < 1.29 is 13.5 Å². The molecule has 100 valence electrons. The van der Waals surface area contributed by atoms with E-state index in [-0.39, 0.29) is 11.0 Å². The smallest absolute Gasteiger partial charge is 0.244 e. The average molecular weight is 399 g/mol. The van der Waals surface area contributed by atoms with Crippen molar-refractivity contribution in [2.45, 2.75) is 23.8 Å². The highest BCUT2D eigenvalue weighted by molar-refractivity contribution is 9.11. The van der Waals surface area contributed by atoms with Gasteiger partial charge < -0.3 is 5.11 Å². The number of aliphatic hydroxyl groups excluding tert-OH is 1. The summed E-state index contributed by atoms with van der Waals surface area (Å²) >= 11 is 6.57. The highest BCUT2D eigenvalue weighted by atomic mass is 79.9. The SMILES string of the molecule is O=S(=O)(c1ccc(Br)cc1Br)N1CCC(O)CC1. The number of nitrogens with zero attached hydrogens (tertiary/aromatic N) is 1. The lowest BCUT2D eigenvalue weighted by molar-refractivity contribution is 0.113. The second-order valence-electron chi connectivity index (χ2n) is 4.21. The summed E-state index contributed by atoms with van der Waals surface area (Å²) in [5.74, 6) is 0. The molecule has 1 aliphatic rings. The summed E-state index contributed by atoms with van der Waals surface area (Å²) in [6, 6.07) is 5.00. The summed E-state index contributed by atoms with van der Waals surface area (Å²) in [4.78, 5) is 0.266. The lowest BCUT2D eigenvalue weighted by Gasteiger charge is -2.29. The first kappa shape index (κ1) is 14.5. The highest BCUT2D eigenvalue weighted by Crippen LogP contribution is 2.29. The zero-order valence-electron chi connectivity index (χ0n) is 9.51. The van der Waals surface area contributed by atoms with Crippen LogP contribution in [0.15, 0.2) is 32.0 Å². The summed E-state index contributed by atoms with van der Waals surface area (Å²) in [7, 11) is -3.48. The number of hydrogen-bond donors (Lipinski definition) is 1. The Morgan fingerprint density at radius 2 is 1.83 bits per heavy atom. The van der Waals surface area contributed by atoms with Crippen LogP contribution in [0.3, 0.4) is 0 Å². The molecule has 0 aromatic heterocycles. The molecule has 7 heteroatoms. The zero-order chi connectivity index (χ0) is 13.3. The molecule has 0 atom stereocenters. The number of halogens is 2. The van der Waals surface area contributed by atoms with Crippen LogP contribution in [0.2, 0.25) is 0 Å². The van der Waals surface area contributed by atoms with Gasteiger partial charge in [0.1, 0.15) is 0 Å². The number of benzene rings is 1. The third-order valence-corrected chi connectivity index (χ3v) is 6.30. The molecule has 1 aliphatic heterocycles. The molecule has 0 aliphatic carbocycles. The second-order valence-corrected chi connectivity index (χ2v) is 7.89. The molecule has 1 N–H and O–H groups in total. The van der Waals surface area contributed by atoms with E-state index < -0.39 is 10.0 Å². The van der Waals surface area contributed by atoms with E-state index >= 15 is 0 Å². The summed E-state index contributed by atoms with van der Waals surface area (Å²) in [6.07, 6.45) is 0.602. The molecule has 1 saturated heterocycles. The Morgan fingerprint density at radius 1 is 1.22 bits per heavy atom. The van der Waals surface area contributed by atoms with Crippen LogP contribution in [0.25, 0.3) is 0 Å². The van der Waals surface area contributed by atoms with Crippen molar-refractivity contribution in [3.8, 4) is 0 Å². The molecule has 1 fully saturated rings. The topological polar surface area (TPSA) is 57.6 Å². The molecular weight excluding hydrogens is 386 g/mol. The predicted molar refractivity (Wildman–Crippen MR) is 75.8 cm³/mol. The molecule has 0 unspecified atom stereocenters. The van der Waals surface area contributed by atoms with Gasteiger partial charge >= 0.3 is 0 Å². The van der Waals surface area contributed by atoms with E-state index in [2.05, 4.69) is 31.9 Å². The third kappa shape index (κ3) is 2.96. The van der Waals surface area contributed by atoms with Gasteiger partial charge in [-0.2, -0.15) is 4.31 Å². The molecule has 0 saturated carbocycles. The van der Waals surface area contributed by atoms with Crippen molar-refractivity contribution in [2.24, 2.45) is 0 Å². The van der Waals surface area contributed by atoms with Gasteiger partial charge in [-0.1, -0.05) is 15.9 Å². The summed E-state index contributed by atoms with van der Waals surface area (Å²) in [5, 5.41) is 9.42. The van der Waals surface area contributed by atoms with E-state index in [0.29, 0.717) is 30.4 Å². The fourth-order valence-corrected chi connectivity index (χ4v) is 5.08. The van der Waals surface area contributed by atoms with Crippen LogP contribution >= 0.6 is 31.9 Å². The van der Waals surface area contributed by atoms with Gasteiger partial charge in [-0.05, 0) is 47.0 Å². The fraction of sp³-hybridized carbons (Fsp3) is 0.455. The Kier molecular flexibility index (Phi) is 4.48. The maximum atomic E-state index is 12.4. The van der Waals surface area contributed by atoms with E-state index in [4.69, 9.17) is 0 Å². The Morgan fingerprint density at radius 3 is 2.39 bits per heavy atom. The van der Waals surface area contributed by atoms with Gasteiger partial charge in [-0.25, -0.2) is 8.42 Å². The number of aliphatic hydroxyl groups is 1. The van der Waals surface area contributed by atoms with Gasteiger partial charge in [0.15, 0.2) is 0 Å². The van der Waals surface area contributed by atoms with E-state index in [9.17, 15) is 13.5 Å². The average Bonchev–Trinajstić information content (AvgIpc) is 2.29. The van der Waals surface area contributed by atoms with Gasteiger partial charge in [-0.15, -0.1) is 0 Å². The van der Waals surface area contributed by atoms with Crippen molar-refractivity contribution in [1.29, 1.82) is 0 Å². The Bertz CT molecular complexity index is 539. The normalized spacial score (nSPS) is 19.1. The zero-order valence-corrected chi connectivity index (χ0v) is 13.5. The van der Waals surface area contributed by atoms with Crippen LogP contribution in [0.5, 0.6) is 0 Å². The van der Waals surface area contributed by atoms with Crippen LogP contribution < -0.4 is 0 Å². The van der Waals surface area contributed by atoms with E-state index in [1.165, 1.54) is 4.31 Å². The fourth-order valence-electron chi connectivity index (χ4n) is 1.91. The molecule has 0 amide bonds.